The Morgan fingerprint density at radius 3 is 2.38 bits per heavy atom. The van der Waals surface area contributed by atoms with Crippen LogP contribution in [0.4, 0.5) is 0 Å². The van der Waals surface area contributed by atoms with Gasteiger partial charge in [-0.1, -0.05) is 27.2 Å². The molecule has 4 nitrogen and oxygen atoms in total. The molecule has 0 aromatic carbocycles. The Hall–Kier alpha value is -1.32. The van der Waals surface area contributed by atoms with Gasteiger partial charge in [-0.3, -0.25) is 0 Å². The van der Waals surface area contributed by atoms with Crippen LogP contribution in [0.3, 0.4) is 0 Å². The van der Waals surface area contributed by atoms with Gasteiger partial charge >= 0.3 is 11.9 Å². The van der Waals surface area contributed by atoms with E-state index in [1.54, 1.807) is 0 Å². The number of carbonyl (C=O) groups excluding carboxylic acids is 1. The van der Waals surface area contributed by atoms with E-state index in [4.69, 9.17) is 9.84 Å². The van der Waals surface area contributed by atoms with Gasteiger partial charge in [-0.2, -0.15) is 0 Å². The predicted molar refractivity (Wildman–Crippen MR) is 61.0 cm³/mol. The molecule has 0 fully saturated rings. The first-order valence-electron chi connectivity index (χ1n) is 5.53. The molecular formula is C12H20O4. The SMILES string of the molecule is CCC(COC(=O)/C=C\C(=O)O)CC(C)C. The van der Waals surface area contributed by atoms with Gasteiger partial charge in [-0.15, -0.1) is 0 Å². The first kappa shape index (κ1) is 14.7. The molecule has 0 rings (SSSR count). The van der Waals surface area contributed by atoms with Crippen molar-refractivity contribution >= 4 is 11.9 Å². The Morgan fingerprint density at radius 2 is 1.94 bits per heavy atom. The fourth-order valence-electron chi connectivity index (χ4n) is 1.41. The first-order chi connectivity index (χ1) is 7.45. The van der Waals surface area contributed by atoms with Crippen LogP contribution in [0, 0.1) is 11.8 Å². The van der Waals surface area contributed by atoms with Crippen molar-refractivity contribution in [2.24, 2.45) is 11.8 Å². The van der Waals surface area contributed by atoms with E-state index in [0.717, 1.165) is 25.0 Å². The minimum absolute atomic E-state index is 0.349. The molecule has 0 radical (unpaired) electrons. The van der Waals surface area contributed by atoms with Crippen molar-refractivity contribution in [1.82, 2.24) is 0 Å². The van der Waals surface area contributed by atoms with Gasteiger partial charge in [0, 0.05) is 12.2 Å². The minimum Gasteiger partial charge on any atom is -0.478 e. The number of hydrogen-bond donors (Lipinski definition) is 1. The van der Waals surface area contributed by atoms with Gasteiger partial charge in [0.05, 0.1) is 6.61 Å². The zero-order valence-electron chi connectivity index (χ0n) is 10.1. The third kappa shape index (κ3) is 8.03. The van der Waals surface area contributed by atoms with Gasteiger partial charge in [-0.05, 0) is 18.3 Å². The van der Waals surface area contributed by atoms with Crippen LogP contribution in [0.15, 0.2) is 12.2 Å². The van der Waals surface area contributed by atoms with Crippen molar-refractivity contribution in [2.75, 3.05) is 6.61 Å². The van der Waals surface area contributed by atoms with E-state index < -0.39 is 11.9 Å². The van der Waals surface area contributed by atoms with E-state index in [0.29, 0.717) is 18.4 Å². The van der Waals surface area contributed by atoms with Gasteiger partial charge in [0.25, 0.3) is 0 Å². The van der Waals surface area contributed by atoms with Gasteiger partial charge in [0.2, 0.25) is 0 Å². The second-order valence-electron chi connectivity index (χ2n) is 4.21. The maximum atomic E-state index is 11.1. The van der Waals surface area contributed by atoms with E-state index in [1.807, 2.05) is 6.92 Å². The number of carboxylic acids is 1. The molecule has 92 valence electrons. The number of carboxylic acid groups (broad SMARTS) is 1. The highest BCUT2D eigenvalue weighted by molar-refractivity contribution is 5.90. The van der Waals surface area contributed by atoms with Crippen LogP contribution in [-0.2, 0) is 14.3 Å². The highest BCUT2D eigenvalue weighted by Crippen LogP contribution is 2.15. The van der Waals surface area contributed by atoms with Crippen LogP contribution in [0.2, 0.25) is 0 Å². The van der Waals surface area contributed by atoms with E-state index >= 15 is 0 Å². The standard InChI is InChI=1S/C12H20O4/c1-4-10(7-9(2)3)8-16-12(15)6-5-11(13)14/h5-6,9-10H,4,7-8H2,1-3H3,(H,13,14)/b6-5-. The Kier molecular flexibility index (Phi) is 7.25. The molecule has 4 heteroatoms. The summed E-state index contributed by atoms with van der Waals surface area (Å²) in [4.78, 5) is 21.2. The maximum absolute atomic E-state index is 11.1. The van der Waals surface area contributed by atoms with Crippen molar-refractivity contribution in [2.45, 2.75) is 33.6 Å². The van der Waals surface area contributed by atoms with Crippen LogP contribution < -0.4 is 0 Å². The van der Waals surface area contributed by atoms with Crippen molar-refractivity contribution < 1.29 is 19.4 Å². The number of ether oxygens (including phenoxy) is 1. The van der Waals surface area contributed by atoms with Crippen LogP contribution in [0.25, 0.3) is 0 Å². The summed E-state index contributed by atoms with van der Waals surface area (Å²) in [5.41, 5.74) is 0. The lowest BCUT2D eigenvalue weighted by molar-refractivity contribution is -0.140. The lowest BCUT2D eigenvalue weighted by Gasteiger charge is -2.16. The first-order valence-corrected chi connectivity index (χ1v) is 5.53. The highest BCUT2D eigenvalue weighted by Gasteiger charge is 2.10. The molecule has 0 amide bonds. The van der Waals surface area contributed by atoms with Gasteiger partial charge < -0.3 is 9.84 Å². The van der Waals surface area contributed by atoms with Crippen molar-refractivity contribution in [3.63, 3.8) is 0 Å². The maximum Gasteiger partial charge on any atom is 0.331 e. The van der Waals surface area contributed by atoms with Crippen LogP contribution in [-0.4, -0.2) is 23.7 Å². The van der Waals surface area contributed by atoms with Crippen molar-refractivity contribution in [3.05, 3.63) is 12.2 Å². The monoisotopic (exact) mass is 228 g/mol. The molecule has 0 aliphatic carbocycles. The van der Waals surface area contributed by atoms with E-state index in [1.165, 1.54) is 0 Å². The normalized spacial score (nSPS) is 13.0. The predicted octanol–water partition coefficient (Wildman–Crippen LogP) is 2.24. The average Bonchev–Trinajstić information content (AvgIpc) is 2.20. The Labute approximate surface area is 96.3 Å². The molecule has 0 aliphatic heterocycles. The summed E-state index contributed by atoms with van der Waals surface area (Å²) in [6.45, 7) is 6.65. The highest BCUT2D eigenvalue weighted by atomic mass is 16.5. The molecule has 0 heterocycles. The largest absolute Gasteiger partial charge is 0.478 e. The molecule has 0 aromatic rings. The molecule has 0 saturated heterocycles. The van der Waals surface area contributed by atoms with Crippen LogP contribution >= 0.6 is 0 Å². The number of esters is 1. The summed E-state index contributed by atoms with van der Waals surface area (Å²) >= 11 is 0. The van der Waals surface area contributed by atoms with Gasteiger partial charge in [-0.25, -0.2) is 9.59 Å². The van der Waals surface area contributed by atoms with Crippen molar-refractivity contribution in [1.29, 1.82) is 0 Å². The molecule has 0 saturated carbocycles. The molecular weight excluding hydrogens is 208 g/mol. The molecule has 16 heavy (non-hydrogen) atoms. The number of hydrogen-bond acceptors (Lipinski definition) is 3. The fraction of sp³-hybridized carbons (Fsp3) is 0.667. The molecule has 1 atom stereocenters. The molecule has 0 aliphatic rings. The number of carbonyl (C=O) groups is 2. The molecule has 1 N–H and O–H groups in total. The summed E-state index contributed by atoms with van der Waals surface area (Å²) in [5, 5.41) is 8.31. The summed E-state index contributed by atoms with van der Waals surface area (Å²) < 4.78 is 4.96. The molecule has 0 spiro atoms. The van der Waals surface area contributed by atoms with E-state index in [9.17, 15) is 9.59 Å². The van der Waals surface area contributed by atoms with Crippen LogP contribution in [0.5, 0.6) is 0 Å². The topological polar surface area (TPSA) is 63.6 Å². The van der Waals surface area contributed by atoms with Gasteiger partial charge in [0.1, 0.15) is 0 Å². The smallest absolute Gasteiger partial charge is 0.331 e. The Bertz CT molecular complexity index is 256. The number of aliphatic carboxylic acids is 1. The molecule has 0 aromatic heterocycles. The lowest BCUT2D eigenvalue weighted by Crippen LogP contribution is -2.14. The quantitative estimate of drug-likeness (QED) is 0.536. The summed E-state index contributed by atoms with van der Waals surface area (Å²) in [6, 6.07) is 0. The van der Waals surface area contributed by atoms with E-state index in [2.05, 4.69) is 13.8 Å². The second kappa shape index (κ2) is 7.91. The zero-order valence-corrected chi connectivity index (χ0v) is 10.1. The summed E-state index contributed by atoms with van der Waals surface area (Å²) in [5.74, 6) is -0.823. The minimum atomic E-state index is -1.15. The third-order valence-electron chi connectivity index (χ3n) is 2.21. The summed E-state index contributed by atoms with van der Waals surface area (Å²) in [6.07, 6.45) is 3.68. The lowest BCUT2D eigenvalue weighted by atomic mass is 9.96. The van der Waals surface area contributed by atoms with Crippen molar-refractivity contribution in [3.8, 4) is 0 Å². The Balaban J connectivity index is 3.92. The van der Waals surface area contributed by atoms with E-state index in [-0.39, 0.29) is 0 Å². The zero-order chi connectivity index (χ0) is 12.6. The molecule has 0 bridgehead atoms. The third-order valence-corrected chi connectivity index (χ3v) is 2.21. The Morgan fingerprint density at radius 1 is 1.31 bits per heavy atom. The number of rotatable bonds is 7. The van der Waals surface area contributed by atoms with Crippen LogP contribution in [0.1, 0.15) is 33.6 Å². The summed E-state index contributed by atoms with van der Waals surface area (Å²) in [7, 11) is 0. The fourth-order valence-corrected chi connectivity index (χ4v) is 1.41. The molecule has 1 unspecified atom stereocenters. The average molecular weight is 228 g/mol. The van der Waals surface area contributed by atoms with Gasteiger partial charge in [0.15, 0.2) is 0 Å². The second-order valence-corrected chi connectivity index (χ2v) is 4.21.